The van der Waals surface area contributed by atoms with Crippen molar-refractivity contribution in [1.82, 2.24) is 9.47 Å². The van der Waals surface area contributed by atoms with Crippen molar-refractivity contribution in [2.45, 2.75) is 31.3 Å². The van der Waals surface area contributed by atoms with Crippen LogP contribution >= 0.6 is 0 Å². The van der Waals surface area contributed by atoms with E-state index in [1.54, 1.807) is 29.8 Å². The molecule has 0 unspecified atom stereocenters. The third-order valence-corrected chi connectivity index (χ3v) is 7.12. The molecule has 0 aliphatic carbocycles. The molecule has 1 fully saturated rings. The summed E-state index contributed by atoms with van der Waals surface area (Å²) in [5, 5.41) is 0. The molecule has 3 heterocycles. The van der Waals surface area contributed by atoms with Crippen molar-refractivity contribution in [1.29, 1.82) is 0 Å². The Bertz CT molecular complexity index is 1130. The second kappa shape index (κ2) is 7.02. The Morgan fingerprint density at radius 2 is 1.79 bits per heavy atom. The van der Waals surface area contributed by atoms with Gasteiger partial charge in [-0.25, -0.2) is 8.42 Å². The smallest absolute Gasteiger partial charge is 0.250 e. The van der Waals surface area contributed by atoms with Crippen LogP contribution in [0.1, 0.15) is 23.2 Å². The fourth-order valence-corrected chi connectivity index (χ4v) is 4.77. The molecule has 2 aromatic rings. The number of rotatable bonds is 4. The first kappa shape index (κ1) is 19.7. The summed E-state index contributed by atoms with van der Waals surface area (Å²) in [6, 6.07) is 8.50. The molecule has 0 radical (unpaired) electrons. The number of aromatic nitrogens is 1. The summed E-state index contributed by atoms with van der Waals surface area (Å²) in [6.45, 7) is 4.54. The number of aryl methyl sites for hydroxylation is 1. The molecule has 0 spiro atoms. The second-order valence-electron chi connectivity index (χ2n) is 8.14. The van der Waals surface area contributed by atoms with Crippen molar-refractivity contribution in [3.8, 4) is 0 Å². The zero-order valence-corrected chi connectivity index (χ0v) is 17.7. The van der Waals surface area contributed by atoms with Gasteiger partial charge in [-0.05, 0) is 42.3 Å². The summed E-state index contributed by atoms with van der Waals surface area (Å²) in [4.78, 5) is 29.0. The fraction of sp³-hybridized carbons (Fsp3) is 0.429. The van der Waals surface area contributed by atoms with E-state index < -0.39 is 9.84 Å². The molecule has 154 valence electrons. The van der Waals surface area contributed by atoms with Gasteiger partial charge in [-0.1, -0.05) is 0 Å². The minimum absolute atomic E-state index is 0.0351. The minimum atomic E-state index is -3.19. The van der Waals surface area contributed by atoms with Crippen LogP contribution in [0.4, 0.5) is 5.69 Å². The average molecular weight is 416 g/mol. The second-order valence-corrected chi connectivity index (χ2v) is 10.2. The normalized spacial score (nSPS) is 16.7. The number of nitrogens with zero attached hydrogens (tertiary/aromatic N) is 3. The van der Waals surface area contributed by atoms with Crippen LogP contribution in [-0.4, -0.2) is 43.1 Å². The maximum Gasteiger partial charge on any atom is 0.250 e. The molecular weight excluding hydrogens is 390 g/mol. The Labute approximate surface area is 170 Å². The molecule has 1 aromatic carbocycles. The molecule has 1 amide bonds. The quantitative estimate of drug-likeness (QED) is 0.756. The molecule has 0 bridgehead atoms. The van der Waals surface area contributed by atoms with Gasteiger partial charge in [-0.3, -0.25) is 9.59 Å². The standard InChI is InChI=1S/C21H25N3O4S/c1-14-8-20(25)22(2)19-13-24(12-18(14)19)21(26)9-15-10-23(11-15)16-4-6-17(7-5-16)29(3,27)28/h4-8,15H,9-13H2,1-3H3. The molecule has 0 N–H and O–H groups in total. The summed E-state index contributed by atoms with van der Waals surface area (Å²) in [7, 11) is -1.43. The van der Waals surface area contributed by atoms with Gasteiger partial charge in [0.15, 0.2) is 9.84 Å². The summed E-state index contributed by atoms with van der Waals surface area (Å²) in [6.07, 6.45) is 1.68. The van der Waals surface area contributed by atoms with Gasteiger partial charge < -0.3 is 14.4 Å². The molecule has 1 aromatic heterocycles. The number of amides is 1. The van der Waals surface area contributed by atoms with E-state index in [9.17, 15) is 18.0 Å². The van der Waals surface area contributed by atoms with E-state index in [1.807, 2.05) is 24.0 Å². The lowest BCUT2D eigenvalue weighted by atomic mass is 9.95. The zero-order valence-electron chi connectivity index (χ0n) is 16.9. The van der Waals surface area contributed by atoms with Crippen LogP contribution in [0.25, 0.3) is 0 Å². The predicted molar refractivity (Wildman–Crippen MR) is 111 cm³/mol. The van der Waals surface area contributed by atoms with Gasteiger partial charge in [0.05, 0.1) is 11.4 Å². The lowest BCUT2D eigenvalue weighted by Gasteiger charge is -2.41. The van der Waals surface area contributed by atoms with E-state index >= 15 is 0 Å². The molecule has 2 aliphatic heterocycles. The summed E-state index contributed by atoms with van der Waals surface area (Å²) < 4.78 is 24.8. The number of sulfone groups is 1. The van der Waals surface area contributed by atoms with E-state index in [1.165, 1.54) is 6.26 Å². The molecular formula is C21H25N3O4S. The Morgan fingerprint density at radius 3 is 2.41 bits per heavy atom. The molecule has 4 rings (SSSR count). The third kappa shape index (κ3) is 3.69. The fourth-order valence-electron chi connectivity index (χ4n) is 4.14. The van der Waals surface area contributed by atoms with Crippen LogP contribution in [-0.2, 0) is 34.8 Å². The minimum Gasteiger partial charge on any atom is -0.371 e. The lowest BCUT2D eigenvalue weighted by molar-refractivity contribution is -0.133. The first-order valence-electron chi connectivity index (χ1n) is 9.64. The highest BCUT2D eigenvalue weighted by Crippen LogP contribution is 2.30. The molecule has 7 nitrogen and oxygen atoms in total. The topological polar surface area (TPSA) is 79.7 Å². The number of fused-ring (bicyclic) bond motifs is 1. The number of anilines is 1. The molecule has 1 saturated heterocycles. The number of carbonyl (C=O) groups is 1. The molecule has 0 saturated carbocycles. The predicted octanol–water partition coefficient (Wildman–Crippen LogP) is 1.47. The van der Waals surface area contributed by atoms with Crippen molar-refractivity contribution in [2.75, 3.05) is 24.2 Å². The number of benzene rings is 1. The maximum atomic E-state index is 12.8. The van der Waals surface area contributed by atoms with E-state index in [-0.39, 0.29) is 17.4 Å². The molecule has 0 atom stereocenters. The third-order valence-electron chi connectivity index (χ3n) is 5.99. The first-order chi connectivity index (χ1) is 13.6. The van der Waals surface area contributed by atoms with Gasteiger partial charge in [0.2, 0.25) is 5.91 Å². The van der Waals surface area contributed by atoms with Crippen molar-refractivity contribution >= 4 is 21.4 Å². The molecule has 8 heteroatoms. The van der Waals surface area contributed by atoms with E-state index in [0.717, 1.165) is 35.6 Å². The Morgan fingerprint density at radius 1 is 1.14 bits per heavy atom. The van der Waals surface area contributed by atoms with Crippen molar-refractivity contribution in [3.05, 3.63) is 57.5 Å². The van der Waals surface area contributed by atoms with Crippen LogP contribution < -0.4 is 10.5 Å². The summed E-state index contributed by atoms with van der Waals surface area (Å²) >= 11 is 0. The number of hydrogen-bond acceptors (Lipinski definition) is 5. The largest absolute Gasteiger partial charge is 0.371 e. The Balaban J connectivity index is 1.34. The van der Waals surface area contributed by atoms with Crippen LogP contribution in [0.5, 0.6) is 0 Å². The van der Waals surface area contributed by atoms with Crippen LogP contribution in [0.3, 0.4) is 0 Å². The van der Waals surface area contributed by atoms with Gasteiger partial charge in [0, 0.05) is 62.7 Å². The zero-order chi connectivity index (χ0) is 20.9. The van der Waals surface area contributed by atoms with Gasteiger partial charge >= 0.3 is 0 Å². The highest BCUT2D eigenvalue weighted by molar-refractivity contribution is 7.90. The van der Waals surface area contributed by atoms with Crippen molar-refractivity contribution in [3.63, 3.8) is 0 Å². The number of hydrogen-bond donors (Lipinski definition) is 0. The van der Waals surface area contributed by atoms with Gasteiger partial charge in [-0.15, -0.1) is 0 Å². The maximum absolute atomic E-state index is 12.8. The van der Waals surface area contributed by atoms with Crippen LogP contribution in [0, 0.1) is 12.8 Å². The van der Waals surface area contributed by atoms with Crippen LogP contribution in [0.2, 0.25) is 0 Å². The van der Waals surface area contributed by atoms with Crippen molar-refractivity contribution < 1.29 is 13.2 Å². The lowest BCUT2D eigenvalue weighted by Crippen LogP contribution is -2.48. The van der Waals surface area contributed by atoms with Crippen molar-refractivity contribution in [2.24, 2.45) is 13.0 Å². The average Bonchev–Trinajstić information content (AvgIpc) is 3.08. The van der Waals surface area contributed by atoms with E-state index in [0.29, 0.717) is 24.4 Å². The van der Waals surface area contributed by atoms with Gasteiger partial charge in [0.1, 0.15) is 0 Å². The Hall–Kier alpha value is -2.61. The SMILES string of the molecule is Cc1cc(=O)n(C)c2c1CN(C(=O)CC1CN(c3ccc(S(C)(=O)=O)cc3)C1)C2. The van der Waals surface area contributed by atoms with E-state index in [4.69, 9.17) is 0 Å². The van der Waals surface area contributed by atoms with Gasteiger partial charge in [-0.2, -0.15) is 0 Å². The highest BCUT2D eigenvalue weighted by atomic mass is 32.2. The monoisotopic (exact) mass is 415 g/mol. The summed E-state index contributed by atoms with van der Waals surface area (Å²) in [5.41, 5.74) is 3.91. The highest BCUT2D eigenvalue weighted by Gasteiger charge is 2.33. The first-order valence-corrected chi connectivity index (χ1v) is 11.5. The van der Waals surface area contributed by atoms with E-state index in [2.05, 4.69) is 4.90 Å². The molecule has 29 heavy (non-hydrogen) atoms. The number of pyridine rings is 1. The van der Waals surface area contributed by atoms with Gasteiger partial charge in [0.25, 0.3) is 5.56 Å². The number of carbonyl (C=O) groups excluding carboxylic acids is 1. The van der Waals surface area contributed by atoms with Crippen LogP contribution in [0.15, 0.2) is 40.0 Å². The summed E-state index contributed by atoms with van der Waals surface area (Å²) in [5.74, 6) is 0.399. The Kier molecular flexibility index (Phi) is 4.77. The molecule has 2 aliphatic rings.